The van der Waals surface area contributed by atoms with Crippen LogP contribution in [0.15, 0.2) is 31.0 Å². The number of anilines is 1. The van der Waals surface area contributed by atoms with E-state index in [4.69, 9.17) is 5.73 Å². The number of nitrogens with two attached hydrogens (primary N) is 1. The zero-order chi connectivity index (χ0) is 13.5. The molecule has 2 saturated carbocycles. The number of nitrogens with zero attached hydrogens (tertiary/aromatic N) is 3. The van der Waals surface area contributed by atoms with Crippen LogP contribution in [0, 0.1) is 17.8 Å². The molecule has 2 N–H and O–H groups in total. The van der Waals surface area contributed by atoms with Gasteiger partial charge in [0.2, 0.25) is 0 Å². The topological polar surface area (TPSA) is 56.7 Å². The van der Waals surface area contributed by atoms with Crippen LogP contribution in [0.25, 0.3) is 11.3 Å². The molecule has 0 spiro atoms. The van der Waals surface area contributed by atoms with Crippen molar-refractivity contribution in [2.24, 2.45) is 17.8 Å². The number of hydrogen-bond acceptors (Lipinski definition) is 3. The van der Waals surface area contributed by atoms with Gasteiger partial charge in [0.25, 0.3) is 0 Å². The number of imidazole rings is 1. The predicted molar refractivity (Wildman–Crippen MR) is 78.8 cm³/mol. The van der Waals surface area contributed by atoms with Crippen LogP contribution in [0.5, 0.6) is 0 Å². The van der Waals surface area contributed by atoms with Gasteiger partial charge in [0.1, 0.15) is 0 Å². The van der Waals surface area contributed by atoms with Crippen LogP contribution in [0.2, 0.25) is 0 Å². The Morgan fingerprint density at radius 1 is 1.20 bits per heavy atom. The third-order valence-electron chi connectivity index (χ3n) is 5.16. The van der Waals surface area contributed by atoms with Gasteiger partial charge in [-0.05, 0) is 43.1 Å². The molecule has 4 heteroatoms. The average Bonchev–Trinajstić information content (AvgIpc) is 3.16. The first-order valence-electron chi connectivity index (χ1n) is 7.51. The smallest absolute Gasteiger partial charge is 0.0951 e. The van der Waals surface area contributed by atoms with E-state index in [9.17, 15) is 0 Å². The van der Waals surface area contributed by atoms with E-state index >= 15 is 0 Å². The summed E-state index contributed by atoms with van der Waals surface area (Å²) in [5.74, 6) is 2.74. The zero-order valence-corrected chi connectivity index (χ0v) is 11.6. The van der Waals surface area contributed by atoms with Gasteiger partial charge in [-0.2, -0.15) is 0 Å². The molecule has 104 valence electrons. The molecule has 2 heterocycles. The highest BCUT2D eigenvalue weighted by atomic mass is 15.1. The van der Waals surface area contributed by atoms with Crippen LogP contribution in [-0.2, 0) is 6.54 Å². The minimum atomic E-state index is 0.773. The van der Waals surface area contributed by atoms with Crippen LogP contribution in [0.1, 0.15) is 25.7 Å². The first-order chi connectivity index (χ1) is 9.81. The van der Waals surface area contributed by atoms with Gasteiger partial charge in [0, 0.05) is 30.2 Å². The van der Waals surface area contributed by atoms with Gasteiger partial charge in [-0.25, -0.2) is 4.98 Å². The molecule has 0 saturated heterocycles. The molecule has 3 unspecified atom stereocenters. The van der Waals surface area contributed by atoms with Crippen molar-refractivity contribution in [1.82, 2.24) is 14.5 Å². The highest BCUT2D eigenvalue weighted by Crippen LogP contribution is 2.49. The standard InChI is InChI=1S/C16H20N4/c17-15-3-4-18-7-14(15)16-8-19-10-20(16)9-13-6-11-1-2-12(13)5-11/h3-4,7-8,10-13H,1-2,5-6,9H2,(H2,17,18). The molecule has 2 fully saturated rings. The van der Waals surface area contributed by atoms with E-state index in [0.717, 1.165) is 41.2 Å². The maximum Gasteiger partial charge on any atom is 0.0951 e. The van der Waals surface area contributed by atoms with E-state index in [1.807, 2.05) is 24.8 Å². The first kappa shape index (κ1) is 11.9. The highest BCUT2D eigenvalue weighted by Gasteiger charge is 2.39. The van der Waals surface area contributed by atoms with Crippen molar-refractivity contribution >= 4 is 5.69 Å². The SMILES string of the molecule is Nc1ccncc1-c1cncn1CC1CC2CCC1C2. The summed E-state index contributed by atoms with van der Waals surface area (Å²) in [6.07, 6.45) is 13.1. The lowest BCUT2D eigenvalue weighted by molar-refractivity contribution is 0.296. The summed E-state index contributed by atoms with van der Waals surface area (Å²) < 4.78 is 2.26. The molecule has 0 amide bonds. The fourth-order valence-corrected chi connectivity index (χ4v) is 4.16. The number of aromatic nitrogens is 3. The number of nitrogen functional groups attached to an aromatic ring is 1. The molecule has 20 heavy (non-hydrogen) atoms. The Balaban J connectivity index is 1.61. The van der Waals surface area contributed by atoms with E-state index in [0.29, 0.717) is 0 Å². The third-order valence-corrected chi connectivity index (χ3v) is 5.16. The Kier molecular flexibility index (Phi) is 2.76. The monoisotopic (exact) mass is 268 g/mol. The van der Waals surface area contributed by atoms with Gasteiger partial charge in [0.15, 0.2) is 0 Å². The second-order valence-electron chi connectivity index (χ2n) is 6.33. The summed E-state index contributed by atoms with van der Waals surface area (Å²) in [7, 11) is 0. The minimum Gasteiger partial charge on any atom is -0.398 e. The van der Waals surface area contributed by atoms with E-state index in [2.05, 4.69) is 14.5 Å². The molecular formula is C16H20N4. The molecular weight excluding hydrogens is 248 g/mol. The Labute approximate surface area is 119 Å². The number of hydrogen-bond donors (Lipinski definition) is 1. The average molecular weight is 268 g/mol. The van der Waals surface area contributed by atoms with Gasteiger partial charge in [-0.3, -0.25) is 4.98 Å². The molecule has 0 aromatic carbocycles. The Morgan fingerprint density at radius 3 is 2.90 bits per heavy atom. The van der Waals surface area contributed by atoms with Crippen LogP contribution >= 0.6 is 0 Å². The van der Waals surface area contributed by atoms with Crippen LogP contribution < -0.4 is 5.73 Å². The number of fused-ring (bicyclic) bond motifs is 2. The Morgan fingerprint density at radius 2 is 2.15 bits per heavy atom. The van der Waals surface area contributed by atoms with Gasteiger partial charge < -0.3 is 10.3 Å². The summed E-state index contributed by atoms with van der Waals surface area (Å²) in [5.41, 5.74) is 8.93. The molecule has 2 aromatic heterocycles. The maximum atomic E-state index is 6.07. The summed E-state index contributed by atoms with van der Waals surface area (Å²) in [6, 6.07) is 1.85. The summed E-state index contributed by atoms with van der Waals surface area (Å²) >= 11 is 0. The first-order valence-corrected chi connectivity index (χ1v) is 7.51. The molecule has 0 radical (unpaired) electrons. The molecule has 2 aliphatic rings. The molecule has 4 nitrogen and oxygen atoms in total. The van der Waals surface area contributed by atoms with Gasteiger partial charge in [0.05, 0.1) is 18.2 Å². The fraction of sp³-hybridized carbons (Fsp3) is 0.500. The van der Waals surface area contributed by atoms with Crippen molar-refractivity contribution in [1.29, 1.82) is 0 Å². The molecule has 3 atom stereocenters. The van der Waals surface area contributed by atoms with Crippen LogP contribution in [-0.4, -0.2) is 14.5 Å². The molecule has 4 rings (SSSR count). The van der Waals surface area contributed by atoms with Crippen LogP contribution in [0.3, 0.4) is 0 Å². The Bertz CT molecular complexity index is 618. The number of pyridine rings is 1. The normalized spacial score (nSPS) is 28.1. The van der Waals surface area contributed by atoms with Gasteiger partial charge >= 0.3 is 0 Å². The predicted octanol–water partition coefficient (Wildman–Crippen LogP) is 2.96. The van der Waals surface area contributed by atoms with Crippen LogP contribution in [0.4, 0.5) is 5.69 Å². The summed E-state index contributed by atoms with van der Waals surface area (Å²) in [4.78, 5) is 8.51. The number of rotatable bonds is 3. The zero-order valence-electron chi connectivity index (χ0n) is 11.6. The molecule has 0 aliphatic heterocycles. The minimum absolute atomic E-state index is 0.773. The van der Waals surface area contributed by atoms with Crippen molar-refractivity contribution in [3.8, 4) is 11.3 Å². The van der Waals surface area contributed by atoms with Crippen molar-refractivity contribution in [3.63, 3.8) is 0 Å². The quantitative estimate of drug-likeness (QED) is 0.931. The van der Waals surface area contributed by atoms with Crippen molar-refractivity contribution < 1.29 is 0 Å². The summed E-state index contributed by atoms with van der Waals surface area (Å²) in [5, 5.41) is 0. The fourth-order valence-electron chi connectivity index (χ4n) is 4.16. The van der Waals surface area contributed by atoms with Gasteiger partial charge in [-0.1, -0.05) is 6.42 Å². The lowest BCUT2D eigenvalue weighted by Crippen LogP contribution is -2.17. The second-order valence-corrected chi connectivity index (χ2v) is 6.33. The van der Waals surface area contributed by atoms with Crippen molar-refractivity contribution in [3.05, 3.63) is 31.0 Å². The Hall–Kier alpha value is -1.84. The highest BCUT2D eigenvalue weighted by molar-refractivity contribution is 5.72. The second kappa shape index (κ2) is 4.62. The van der Waals surface area contributed by atoms with Crippen molar-refractivity contribution in [2.45, 2.75) is 32.2 Å². The lowest BCUT2D eigenvalue weighted by Gasteiger charge is -2.23. The van der Waals surface area contributed by atoms with E-state index in [1.165, 1.54) is 25.7 Å². The van der Waals surface area contributed by atoms with Gasteiger partial charge in [-0.15, -0.1) is 0 Å². The molecule has 2 aliphatic carbocycles. The molecule has 2 bridgehead atoms. The summed E-state index contributed by atoms with van der Waals surface area (Å²) in [6.45, 7) is 1.07. The third kappa shape index (κ3) is 1.90. The maximum absolute atomic E-state index is 6.07. The van der Waals surface area contributed by atoms with Crippen molar-refractivity contribution in [2.75, 3.05) is 5.73 Å². The largest absolute Gasteiger partial charge is 0.398 e. The lowest BCUT2D eigenvalue weighted by atomic mass is 9.89. The van der Waals surface area contributed by atoms with E-state index in [-0.39, 0.29) is 0 Å². The van der Waals surface area contributed by atoms with E-state index < -0.39 is 0 Å². The van der Waals surface area contributed by atoms with E-state index in [1.54, 1.807) is 6.20 Å². The molecule has 2 aromatic rings.